The molecule has 0 aromatic carbocycles. The summed E-state index contributed by atoms with van der Waals surface area (Å²) in [6.07, 6.45) is 1.94. The zero-order chi connectivity index (χ0) is 12.1. The summed E-state index contributed by atoms with van der Waals surface area (Å²) in [5.41, 5.74) is 0. The Labute approximate surface area is 106 Å². The minimum atomic E-state index is 0.485. The summed E-state index contributed by atoms with van der Waals surface area (Å²) < 4.78 is 0. The highest BCUT2D eigenvalue weighted by atomic mass is 35.5. The molecule has 1 aromatic heterocycles. The number of thioether (sulfide) groups is 1. The predicted octanol–water partition coefficient (Wildman–Crippen LogP) is 3.56. The lowest BCUT2D eigenvalue weighted by molar-refractivity contribution is 0.439. The summed E-state index contributed by atoms with van der Waals surface area (Å²) in [5, 5.41) is 4.48. The average Bonchev–Trinajstić information content (AvgIpc) is 2.24. The van der Waals surface area contributed by atoms with Gasteiger partial charge < -0.3 is 5.32 Å². The summed E-state index contributed by atoms with van der Waals surface area (Å²) in [5.74, 6) is 2.06. The second-order valence-corrected chi connectivity index (χ2v) is 5.33. The molecule has 0 bridgehead atoms. The first-order chi connectivity index (χ1) is 7.52. The van der Waals surface area contributed by atoms with E-state index in [-0.39, 0.29) is 0 Å². The van der Waals surface area contributed by atoms with E-state index in [1.54, 1.807) is 6.07 Å². The van der Waals surface area contributed by atoms with Gasteiger partial charge in [0, 0.05) is 12.6 Å². The standard InChI is InChI=1S/C11H18ClN3S/c1-7(2)8(3)6-13-10-5-9(12)14-11(15-10)16-4/h5,7-8H,6H2,1-4H3,(H,13,14,15). The number of halogens is 1. The highest BCUT2D eigenvalue weighted by Gasteiger charge is 2.08. The molecule has 0 saturated heterocycles. The molecule has 0 aliphatic rings. The minimum absolute atomic E-state index is 0.485. The molecular formula is C11H18ClN3S. The molecule has 0 fully saturated rings. The number of aromatic nitrogens is 2. The van der Waals surface area contributed by atoms with Crippen LogP contribution in [0.25, 0.3) is 0 Å². The Hall–Kier alpha value is -0.480. The van der Waals surface area contributed by atoms with E-state index in [9.17, 15) is 0 Å². The zero-order valence-electron chi connectivity index (χ0n) is 10.1. The first-order valence-electron chi connectivity index (χ1n) is 5.35. The fraction of sp³-hybridized carbons (Fsp3) is 0.636. The Kier molecular flexibility index (Phi) is 5.35. The zero-order valence-corrected chi connectivity index (χ0v) is 11.7. The summed E-state index contributed by atoms with van der Waals surface area (Å²) in [6, 6.07) is 1.76. The number of nitrogens with one attached hydrogen (secondary N) is 1. The predicted molar refractivity (Wildman–Crippen MR) is 71.3 cm³/mol. The number of hydrogen-bond acceptors (Lipinski definition) is 4. The van der Waals surface area contributed by atoms with Gasteiger partial charge in [-0.1, -0.05) is 44.1 Å². The molecule has 90 valence electrons. The normalized spacial score (nSPS) is 12.9. The lowest BCUT2D eigenvalue weighted by Crippen LogP contribution is -2.17. The topological polar surface area (TPSA) is 37.8 Å². The van der Waals surface area contributed by atoms with Crippen molar-refractivity contribution >= 4 is 29.2 Å². The van der Waals surface area contributed by atoms with Crippen molar-refractivity contribution < 1.29 is 0 Å². The van der Waals surface area contributed by atoms with E-state index in [0.29, 0.717) is 22.1 Å². The minimum Gasteiger partial charge on any atom is -0.370 e. The van der Waals surface area contributed by atoms with Crippen LogP contribution in [0.4, 0.5) is 5.82 Å². The van der Waals surface area contributed by atoms with Crippen LogP contribution in [0.1, 0.15) is 20.8 Å². The van der Waals surface area contributed by atoms with Crippen molar-refractivity contribution in [2.24, 2.45) is 11.8 Å². The fourth-order valence-corrected chi connectivity index (χ4v) is 1.69. The van der Waals surface area contributed by atoms with Gasteiger partial charge in [0.2, 0.25) is 0 Å². The Balaban J connectivity index is 2.63. The molecule has 1 atom stereocenters. The molecule has 0 aliphatic heterocycles. The Bertz CT molecular complexity index is 344. The van der Waals surface area contributed by atoms with Crippen molar-refractivity contribution in [1.82, 2.24) is 9.97 Å². The molecule has 1 heterocycles. The molecule has 0 spiro atoms. The fourth-order valence-electron chi connectivity index (χ4n) is 1.08. The van der Waals surface area contributed by atoms with Crippen LogP contribution in [0, 0.1) is 11.8 Å². The monoisotopic (exact) mass is 259 g/mol. The molecule has 1 rings (SSSR count). The molecule has 1 aromatic rings. The van der Waals surface area contributed by atoms with Gasteiger partial charge >= 0.3 is 0 Å². The van der Waals surface area contributed by atoms with Gasteiger partial charge in [0.25, 0.3) is 0 Å². The number of nitrogens with zero attached hydrogens (tertiary/aromatic N) is 2. The SMILES string of the molecule is CSc1nc(Cl)cc(NCC(C)C(C)C)n1. The Morgan fingerprint density at radius 1 is 1.38 bits per heavy atom. The van der Waals surface area contributed by atoms with E-state index in [4.69, 9.17) is 11.6 Å². The van der Waals surface area contributed by atoms with Crippen molar-refractivity contribution in [2.45, 2.75) is 25.9 Å². The number of hydrogen-bond donors (Lipinski definition) is 1. The van der Waals surface area contributed by atoms with Crippen LogP contribution in [0.2, 0.25) is 5.15 Å². The van der Waals surface area contributed by atoms with E-state index in [0.717, 1.165) is 12.4 Å². The summed E-state index contributed by atoms with van der Waals surface area (Å²) in [7, 11) is 0. The largest absolute Gasteiger partial charge is 0.370 e. The lowest BCUT2D eigenvalue weighted by Gasteiger charge is -2.16. The quantitative estimate of drug-likeness (QED) is 0.499. The second-order valence-electron chi connectivity index (χ2n) is 4.16. The average molecular weight is 260 g/mol. The van der Waals surface area contributed by atoms with Crippen molar-refractivity contribution in [3.63, 3.8) is 0 Å². The van der Waals surface area contributed by atoms with Gasteiger partial charge in [-0.15, -0.1) is 0 Å². The van der Waals surface area contributed by atoms with Crippen molar-refractivity contribution in [1.29, 1.82) is 0 Å². The second kappa shape index (κ2) is 6.30. The molecular weight excluding hydrogens is 242 g/mol. The number of anilines is 1. The molecule has 16 heavy (non-hydrogen) atoms. The summed E-state index contributed by atoms with van der Waals surface area (Å²) in [4.78, 5) is 8.43. The van der Waals surface area contributed by atoms with E-state index in [2.05, 4.69) is 36.1 Å². The summed E-state index contributed by atoms with van der Waals surface area (Å²) >= 11 is 7.39. The van der Waals surface area contributed by atoms with E-state index in [1.807, 2.05) is 6.26 Å². The lowest BCUT2D eigenvalue weighted by atomic mass is 9.98. The molecule has 0 aliphatic carbocycles. The van der Waals surface area contributed by atoms with Gasteiger partial charge in [0.1, 0.15) is 11.0 Å². The van der Waals surface area contributed by atoms with E-state index < -0.39 is 0 Å². The van der Waals surface area contributed by atoms with Crippen molar-refractivity contribution in [3.05, 3.63) is 11.2 Å². The molecule has 0 saturated carbocycles. The molecule has 0 radical (unpaired) electrons. The molecule has 5 heteroatoms. The van der Waals surface area contributed by atoms with Crippen LogP contribution in [-0.2, 0) is 0 Å². The first kappa shape index (κ1) is 13.6. The van der Waals surface area contributed by atoms with Crippen molar-refractivity contribution in [3.8, 4) is 0 Å². The van der Waals surface area contributed by atoms with Crippen LogP contribution < -0.4 is 5.32 Å². The van der Waals surface area contributed by atoms with Crippen LogP contribution in [0.5, 0.6) is 0 Å². The maximum absolute atomic E-state index is 5.90. The van der Waals surface area contributed by atoms with Gasteiger partial charge in [-0.3, -0.25) is 0 Å². The Morgan fingerprint density at radius 2 is 2.06 bits per heavy atom. The maximum Gasteiger partial charge on any atom is 0.190 e. The van der Waals surface area contributed by atoms with Gasteiger partial charge in [0.05, 0.1) is 0 Å². The first-order valence-corrected chi connectivity index (χ1v) is 6.95. The van der Waals surface area contributed by atoms with Crippen molar-refractivity contribution in [2.75, 3.05) is 18.1 Å². The van der Waals surface area contributed by atoms with E-state index in [1.165, 1.54) is 11.8 Å². The van der Waals surface area contributed by atoms with Crippen LogP contribution >= 0.6 is 23.4 Å². The van der Waals surface area contributed by atoms with Crippen LogP contribution in [0.15, 0.2) is 11.2 Å². The summed E-state index contributed by atoms with van der Waals surface area (Å²) in [6.45, 7) is 7.55. The van der Waals surface area contributed by atoms with Gasteiger partial charge in [-0.2, -0.15) is 0 Å². The molecule has 1 unspecified atom stereocenters. The maximum atomic E-state index is 5.90. The van der Waals surface area contributed by atoms with Crippen LogP contribution in [0.3, 0.4) is 0 Å². The van der Waals surface area contributed by atoms with Gasteiger partial charge in [0.15, 0.2) is 5.16 Å². The van der Waals surface area contributed by atoms with Crippen LogP contribution in [-0.4, -0.2) is 22.8 Å². The van der Waals surface area contributed by atoms with Gasteiger partial charge in [-0.05, 0) is 18.1 Å². The third kappa shape index (κ3) is 4.18. The third-order valence-electron chi connectivity index (χ3n) is 2.60. The van der Waals surface area contributed by atoms with E-state index >= 15 is 0 Å². The Morgan fingerprint density at radius 3 is 2.62 bits per heavy atom. The third-order valence-corrected chi connectivity index (χ3v) is 3.34. The molecule has 0 amide bonds. The highest BCUT2D eigenvalue weighted by molar-refractivity contribution is 7.98. The molecule has 3 nitrogen and oxygen atoms in total. The smallest absolute Gasteiger partial charge is 0.190 e. The number of rotatable bonds is 5. The molecule has 1 N–H and O–H groups in total. The highest BCUT2D eigenvalue weighted by Crippen LogP contribution is 2.18. The van der Waals surface area contributed by atoms with Gasteiger partial charge in [-0.25, -0.2) is 9.97 Å².